The first-order chi connectivity index (χ1) is 25.5. The number of halogens is 1. The Bertz CT molecular complexity index is 1690. The third kappa shape index (κ3) is 8.32. The summed E-state index contributed by atoms with van der Waals surface area (Å²) < 4.78 is 22.3. The Morgan fingerprint density at radius 1 is 1.11 bits per heavy atom. The second kappa shape index (κ2) is 16.7. The van der Waals surface area contributed by atoms with E-state index in [1.165, 1.54) is 32.1 Å². The number of carboxylic acid groups (broad SMARTS) is 2. The van der Waals surface area contributed by atoms with Gasteiger partial charge in [-0.1, -0.05) is 37.3 Å². The van der Waals surface area contributed by atoms with Crippen LogP contribution in [-0.2, 0) is 43.1 Å². The number of fused-ring (bicyclic) bond motifs is 5. The molecule has 55 heavy (non-hydrogen) atoms. The van der Waals surface area contributed by atoms with Crippen molar-refractivity contribution in [3.8, 4) is 0 Å². The molecule has 0 saturated heterocycles. The number of amides is 1. The molecule has 3 saturated carbocycles. The second-order valence-electron chi connectivity index (χ2n) is 15.3. The number of ketones is 3. The monoisotopic (exact) mass is 797 g/mol. The SMILES string of the molecule is C[C@@H]1C[C@H]2[C@@H]3CCC4=CC(=O)C=C[C@]4(C)[C@@]3(F)C(O)C[C@]2(C)[C@@]1(O)C(=O)C(O)OC(=O)CC(=O)SCC(NC(=O)CCC(N)C(=O)O)C(=O)CNCC(=O)O. The Morgan fingerprint density at radius 3 is 2.42 bits per heavy atom. The van der Waals surface area contributed by atoms with Crippen LogP contribution in [0.1, 0.15) is 65.7 Å². The lowest BCUT2D eigenvalue weighted by Gasteiger charge is -2.62. The lowest BCUT2D eigenvalue weighted by molar-refractivity contribution is -0.227. The van der Waals surface area contributed by atoms with Crippen LogP contribution in [0.15, 0.2) is 23.8 Å². The van der Waals surface area contributed by atoms with Gasteiger partial charge in [-0.15, -0.1) is 0 Å². The fourth-order valence-electron chi connectivity index (χ4n) is 9.13. The van der Waals surface area contributed by atoms with E-state index in [2.05, 4.69) is 10.6 Å². The highest BCUT2D eigenvalue weighted by molar-refractivity contribution is 8.13. The lowest BCUT2D eigenvalue weighted by atomic mass is 9.44. The molecule has 0 aromatic carbocycles. The number of alkyl halides is 1. The molecule has 0 spiro atoms. The number of Topliss-reactive ketones (excluding diaryl/α,β-unsaturated/α-hetero) is 2. The number of thioether (sulfide) groups is 1. The van der Waals surface area contributed by atoms with Gasteiger partial charge in [0.15, 0.2) is 22.4 Å². The van der Waals surface area contributed by atoms with E-state index in [-0.39, 0.29) is 25.0 Å². The molecule has 4 aliphatic rings. The minimum Gasteiger partial charge on any atom is -0.480 e. The molecule has 0 aliphatic heterocycles. The van der Waals surface area contributed by atoms with Gasteiger partial charge in [0.05, 0.1) is 25.2 Å². The van der Waals surface area contributed by atoms with Crippen molar-refractivity contribution in [2.45, 2.75) is 101 Å². The Balaban J connectivity index is 1.40. The van der Waals surface area contributed by atoms with Crippen molar-refractivity contribution in [2.75, 3.05) is 18.8 Å². The summed E-state index contributed by atoms with van der Waals surface area (Å²) in [5.41, 5.74) is -1.50. The van der Waals surface area contributed by atoms with Crippen molar-refractivity contribution in [1.82, 2.24) is 10.6 Å². The molecular weight excluding hydrogens is 749 g/mol. The van der Waals surface area contributed by atoms with Crippen LogP contribution >= 0.6 is 11.8 Å². The molecular formula is C36H48FN3O14S. The average molecular weight is 798 g/mol. The molecule has 0 aromatic heterocycles. The number of esters is 1. The highest BCUT2D eigenvalue weighted by Crippen LogP contribution is 2.70. The Hall–Kier alpha value is -3.88. The predicted octanol–water partition coefficient (Wildman–Crippen LogP) is -0.665. The van der Waals surface area contributed by atoms with E-state index in [4.69, 9.17) is 20.7 Å². The van der Waals surface area contributed by atoms with E-state index >= 15 is 4.39 Å². The van der Waals surface area contributed by atoms with Crippen LogP contribution < -0.4 is 16.4 Å². The van der Waals surface area contributed by atoms with Gasteiger partial charge in [-0.2, -0.15) is 0 Å². The van der Waals surface area contributed by atoms with Crippen LogP contribution in [0.5, 0.6) is 0 Å². The minimum atomic E-state index is -2.56. The van der Waals surface area contributed by atoms with Crippen molar-refractivity contribution in [3.05, 3.63) is 23.8 Å². The third-order valence-corrected chi connectivity index (χ3v) is 13.0. The first-order valence-electron chi connectivity index (χ1n) is 17.9. The van der Waals surface area contributed by atoms with Gasteiger partial charge in [-0.25, -0.2) is 4.39 Å². The van der Waals surface area contributed by atoms with E-state index < -0.39 is 143 Å². The molecule has 3 fully saturated rings. The first kappa shape index (κ1) is 43.8. The summed E-state index contributed by atoms with van der Waals surface area (Å²) in [7, 11) is 0. The standard InChI is InChI=1S/C36H48FN3O14S/c1-17-10-21-20-5-4-18-11-19(41)8-9-33(18,2)35(20,37)25(43)13-34(21,3)36(17,53)30(49)32(52)54-28(47)12-29(48)55-16-23(24(42)14-39-15-27(45)46)40-26(44)7-6-22(38)31(50)51/h8-9,11,17,20-23,25,32,39,43,52-53H,4-7,10,12-16,38H2,1-3H3,(H,40,44)(H,45,46)(H,50,51)/t17-,20+,21+,22?,23?,25?,32?,33+,34+,35+,36+/m1/s1. The molecule has 0 heterocycles. The molecule has 17 nitrogen and oxygen atoms in total. The van der Waals surface area contributed by atoms with Crippen molar-refractivity contribution in [3.63, 3.8) is 0 Å². The summed E-state index contributed by atoms with van der Waals surface area (Å²) in [6.07, 6.45) is -1.54. The van der Waals surface area contributed by atoms with Crippen LogP contribution in [0.2, 0.25) is 0 Å². The number of aliphatic carboxylic acids is 2. The minimum absolute atomic E-state index is 0.129. The van der Waals surface area contributed by atoms with E-state index in [0.29, 0.717) is 23.8 Å². The van der Waals surface area contributed by atoms with E-state index in [1.54, 1.807) is 6.92 Å². The number of allylic oxidation sites excluding steroid dienone is 4. The molecule has 4 aliphatic carbocycles. The van der Waals surface area contributed by atoms with Crippen LogP contribution in [0, 0.1) is 28.6 Å². The van der Waals surface area contributed by atoms with Crippen LogP contribution in [0.3, 0.4) is 0 Å². The zero-order valence-electron chi connectivity index (χ0n) is 30.6. The molecule has 19 heteroatoms. The molecule has 4 rings (SSSR count). The molecule has 0 radical (unpaired) electrons. The number of carbonyl (C=O) groups is 8. The smallest absolute Gasteiger partial charge is 0.320 e. The zero-order chi connectivity index (χ0) is 41.3. The zero-order valence-corrected chi connectivity index (χ0v) is 31.4. The fraction of sp³-hybridized carbons (Fsp3) is 0.667. The molecule has 0 aromatic rings. The van der Waals surface area contributed by atoms with Gasteiger partial charge in [0, 0.05) is 28.9 Å². The van der Waals surface area contributed by atoms with Gasteiger partial charge in [0.2, 0.25) is 11.7 Å². The summed E-state index contributed by atoms with van der Waals surface area (Å²) in [5.74, 6) is -9.99. The number of aliphatic hydroxyl groups is 3. The van der Waals surface area contributed by atoms with Crippen LogP contribution in [-0.4, -0.2) is 126 Å². The van der Waals surface area contributed by atoms with Gasteiger partial charge in [-0.05, 0) is 63.0 Å². The maximum Gasteiger partial charge on any atom is 0.320 e. The van der Waals surface area contributed by atoms with Gasteiger partial charge in [0.25, 0.3) is 6.29 Å². The Morgan fingerprint density at radius 2 is 1.78 bits per heavy atom. The number of aliphatic hydroxyl groups excluding tert-OH is 2. The molecule has 0 bridgehead atoms. The van der Waals surface area contributed by atoms with Crippen molar-refractivity contribution >= 4 is 58.0 Å². The van der Waals surface area contributed by atoms with Crippen molar-refractivity contribution in [1.29, 1.82) is 0 Å². The van der Waals surface area contributed by atoms with Crippen molar-refractivity contribution < 1.29 is 73.0 Å². The van der Waals surface area contributed by atoms with E-state index in [0.717, 1.165) is 0 Å². The topological polar surface area (TPSA) is 297 Å². The molecule has 304 valence electrons. The molecule has 9 N–H and O–H groups in total. The fourth-order valence-corrected chi connectivity index (χ4v) is 9.97. The number of hydrogen-bond donors (Lipinski definition) is 8. The number of hydrogen-bond acceptors (Lipinski definition) is 15. The summed E-state index contributed by atoms with van der Waals surface area (Å²) in [5, 5.41) is 55.9. The maximum absolute atomic E-state index is 17.4. The highest BCUT2D eigenvalue weighted by Gasteiger charge is 2.76. The molecule has 1 amide bonds. The summed E-state index contributed by atoms with van der Waals surface area (Å²) >= 11 is 0.400. The van der Waals surface area contributed by atoms with Gasteiger partial charge in [-0.3, -0.25) is 43.7 Å². The predicted molar refractivity (Wildman–Crippen MR) is 189 cm³/mol. The van der Waals surface area contributed by atoms with Gasteiger partial charge in [0.1, 0.15) is 18.1 Å². The van der Waals surface area contributed by atoms with Gasteiger partial charge < -0.3 is 41.3 Å². The Kier molecular flexibility index (Phi) is 13.3. The summed E-state index contributed by atoms with van der Waals surface area (Å²) in [6.45, 7) is 3.55. The number of nitrogens with two attached hydrogens (primary N) is 1. The summed E-state index contributed by atoms with van der Waals surface area (Å²) in [6, 6.07) is -2.75. The second-order valence-corrected chi connectivity index (χ2v) is 16.4. The quantitative estimate of drug-likeness (QED) is 0.0515. The molecule has 11 atom stereocenters. The number of carbonyl (C=O) groups excluding carboxylic acids is 6. The maximum atomic E-state index is 17.4. The average Bonchev–Trinajstić information content (AvgIpc) is 3.30. The van der Waals surface area contributed by atoms with Gasteiger partial charge >= 0.3 is 17.9 Å². The number of rotatable bonds is 17. The van der Waals surface area contributed by atoms with Crippen molar-refractivity contribution in [2.24, 2.45) is 34.3 Å². The van der Waals surface area contributed by atoms with E-state index in [9.17, 15) is 53.7 Å². The number of carboxylic acids is 2. The lowest BCUT2D eigenvalue weighted by Crippen LogP contribution is -2.70. The first-order valence-corrected chi connectivity index (χ1v) is 18.9. The highest BCUT2D eigenvalue weighted by atomic mass is 32.2. The normalized spacial score (nSPS) is 33.8. The number of nitrogens with one attached hydrogen (secondary N) is 2. The third-order valence-electron chi connectivity index (χ3n) is 12.1. The van der Waals surface area contributed by atoms with E-state index in [1.807, 2.05) is 0 Å². The van der Waals surface area contributed by atoms with Crippen LogP contribution in [0.4, 0.5) is 4.39 Å². The summed E-state index contributed by atoms with van der Waals surface area (Å²) in [4.78, 5) is 98.3. The molecule has 4 unspecified atom stereocenters. The van der Waals surface area contributed by atoms with Crippen LogP contribution in [0.25, 0.3) is 0 Å². The largest absolute Gasteiger partial charge is 0.480 e. The Labute approximate surface area is 319 Å². The number of ether oxygens (including phenoxy) is 1.